The van der Waals surface area contributed by atoms with Crippen LogP contribution in [0.25, 0.3) is 0 Å². The van der Waals surface area contributed by atoms with Gasteiger partial charge in [-0.2, -0.15) is 0 Å². The Kier molecular flexibility index (Phi) is 4.14. The van der Waals surface area contributed by atoms with E-state index in [9.17, 15) is 9.50 Å². The lowest BCUT2D eigenvalue weighted by Crippen LogP contribution is -2.46. The first kappa shape index (κ1) is 14.3. The average Bonchev–Trinajstić information content (AvgIpc) is 2.33. The summed E-state index contributed by atoms with van der Waals surface area (Å²) in [6.45, 7) is 9.12. The number of aliphatic hydroxyl groups is 1. The number of nitrogens with zero attached hydrogens (tertiary/aromatic N) is 1. The Morgan fingerprint density at radius 1 is 1.32 bits per heavy atom. The second-order valence-electron chi connectivity index (χ2n) is 6.06. The molecule has 1 heterocycles. The van der Waals surface area contributed by atoms with E-state index in [2.05, 4.69) is 25.7 Å². The molecule has 1 aromatic carbocycles. The Balaban J connectivity index is 2.45. The summed E-state index contributed by atoms with van der Waals surface area (Å²) in [7, 11) is 0. The molecule has 3 heteroatoms. The van der Waals surface area contributed by atoms with Crippen LogP contribution in [-0.2, 0) is 0 Å². The van der Waals surface area contributed by atoms with Crippen LogP contribution in [0, 0.1) is 17.7 Å². The van der Waals surface area contributed by atoms with Crippen molar-refractivity contribution in [3.8, 4) is 0 Å². The lowest BCUT2D eigenvalue weighted by molar-refractivity contribution is 0.198. The maximum absolute atomic E-state index is 14.3. The highest BCUT2D eigenvalue weighted by Crippen LogP contribution is 2.36. The molecular weight excluding hydrogens is 241 g/mol. The Labute approximate surface area is 115 Å². The summed E-state index contributed by atoms with van der Waals surface area (Å²) < 4.78 is 14.3. The summed E-state index contributed by atoms with van der Waals surface area (Å²) in [5.74, 6) is 0.851. The molecule has 106 valence electrons. The smallest absolute Gasteiger partial charge is 0.146 e. The molecular formula is C16H24FNO. The van der Waals surface area contributed by atoms with E-state index in [4.69, 9.17) is 0 Å². The van der Waals surface area contributed by atoms with Crippen molar-refractivity contribution in [1.82, 2.24) is 0 Å². The first-order chi connectivity index (χ1) is 8.91. The summed E-state index contributed by atoms with van der Waals surface area (Å²) in [6.07, 6.45) is 0.529. The highest BCUT2D eigenvalue weighted by atomic mass is 19.1. The zero-order valence-corrected chi connectivity index (χ0v) is 12.2. The van der Waals surface area contributed by atoms with Gasteiger partial charge in [0.05, 0.1) is 11.8 Å². The number of piperidine rings is 1. The topological polar surface area (TPSA) is 23.5 Å². The molecule has 0 bridgehead atoms. The standard InChI is InChI=1S/C16H24FNO/c1-10-8-11(2)12(3)18(9-10)16-14(13(4)19)6-5-7-15(16)17/h5-7,10-13,19H,8-9H2,1-4H3. The van der Waals surface area contributed by atoms with E-state index in [1.807, 2.05) is 6.07 Å². The van der Waals surface area contributed by atoms with Gasteiger partial charge in [0.15, 0.2) is 0 Å². The van der Waals surface area contributed by atoms with Crippen LogP contribution in [-0.4, -0.2) is 17.7 Å². The number of aliphatic hydroxyl groups excluding tert-OH is 1. The molecule has 4 unspecified atom stereocenters. The highest BCUT2D eigenvalue weighted by molar-refractivity contribution is 5.57. The van der Waals surface area contributed by atoms with Gasteiger partial charge in [-0.05, 0) is 38.2 Å². The molecule has 1 aliphatic rings. The molecule has 0 radical (unpaired) electrons. The molecule has 1 saturated heterocycles. The molecule has 0 aliphatic carbocycles. The Bertz CT molecular complexity index is 446. The maximum Gasteiger partial charge on any atom is 0.146 e. The molecule has 0 aromatic heterocycles. The predicted molar refractivity (Wildman–Crippen MR) is 76.8 cm³/mol. The zero-order chi connectivity index (χ0) is 14.2. The molecule has 0 spiro atoms. The number of halogens is 1. The van der Waals surface area contributed by atoms with Gasteiger partial charge in [-0.1, -0.05) is 26.0 Å². The first-order valence-corrected chi connectivity index (χ1v) is 7.15. The first-order valence-electron chi connectivity index (χ1n) is 7.15. The van der Waals surface area contributed by atoms with Crippen molar-refractivity contribution < 1.29 is 9.50 Å². The normalized spacial score (nSPS) is 29.4. The fraction of sp³-hybridized carbons (Fsp3) is 0.625. The molecule has 2 nitrogen and oxygen atoms in total. The summed E-state index contributed by atoms with van der Waals surface area (Å²) in [5.41, 5.74) is 1.27. The lowest BCUT2D eigenvalue weighted by Gasteiger charge is -2.43. The number of hydrogen-bond acceptors (Lipinski definition) is 2. The zero-order valence-electron chi connectivity index (χ0n) is 12.2. The van der Waals surface area contributed by atoms with E-state index < -0.39 is 6.10 Å². The third-order valence-electron chi connectivity index (χ3n) is 4.35. The van der Waals surface area contributed by atoms with Gasteiger partial charge in [-0.15, -0.1) is 0 Å². The summed E-state index contributed by atoms with van der Waals surface area (Å²) in [5, 5.41) is 9.88. The van der Waals surface area contributed by atoms with Gasteiger partial charge in [0, 0.05) is 18.2 Å². The van der Waals surface area contributed by atoms with E-state index in [1.165, 1.54) is 12.5 Å². The third-order valence-corrected chi connectivity index (χ3v) is 4.35. The van der Waals surface area contributed by atoms with E-state index in [1.54, 1.807) is 13.0 Å². The van der Waals surface area contributed by atoms with E-state index in [-0.39, 0.29) is 5.82 Å². The lowest BCUT2D eigenvalue weighted by atomic mass is 9.85. The maximum atomic E-state index is 14.3. The molecule has 0 amide bonds. The van der Waals surface area contributed by atoms with Crippen LogP contribution in [0.3, 0.4) is 0 Å². The summed E-state index contributed by atoms with van der Waals surface area (Å²) in [4.78, 5) is 2.14. The van der Waals surface area contributed by atoms with Gasteiger partial charge in [0.1, 0.15) is 5.82 Å². The van der Waals surface area contributed by atoms with Gasteiger partial charge >= 0.3 is 0 Å². The highest BCUT2D eigenvalue weighted by Gasteiger charge is 2.32. The molecule has 1 aliphatic heterocycles. The summed E-state index contributed by atoms with van der Waals surface area (Å²) in [6, 6.07) is 5.27. The van der Waals surface area contributed by atoms with Crippen molar-refractivity contribution >= 4 is 5.69 Å². The van der Waals surface area contributed by atoms with Crippen molar-refractivity contribution in [2.75, 3.05) is 11.4 Å². The number of rotatable bonds is 2. The van der Waals surface area contributed by atoms with Crippen LogP contribution in [0.5, 0.6) is 0 Å². The van der Waals surface area contributed by atoms with E-state index in [0.717, 1.165) is 6.54 Å². The predicted octanol–water partition coefficient (Wildman–Crippen LogP) is 3.75. The molecule has 0 saturated carbocycles. The minimum absolute atomic E-state index is 0.230. The van der Waals surface area contributed by atoms with Crippen molar-refractivity contribution in [2.24, 2.45) is 11.8 Å². The van der Waals surface area contributed by atoms with Gasteiger partial charge < -0.3 is 10.0 Å². The quantitative estimate of drug-likeness (QED) is 0.880. The molecule has 19 heavy (non-hydrogen) atoms. The van der Waals surface area contributed by atoms with Crippen molar-refractivity contribution in [3.05, 3.63) is 29.6 Å². The third kappa shape index (κ3) is 2.76. The minimum atomic E-state index is -0.648. The largest absolute Gasteiger partial charge is 0.389 e. The van der Waals surface area contributed by atoms with Crippen LogP contribution in [0.15, 0.2) is 18.2 Å². The number of hydrogen-bond donors (Lipinski definition) is 1. The monoisotopic (exact) mass is 265 g/mol. The number of anilines is 1. The number of benzene rings is 1. The molecule has 2 rings (SSSR count). The molecule has 1 fully saturated rings. The molecule has 1 N–H and O–H groups in total. The summed E-state index contributed by atoms with van der Waals surface area (Å²) >= 11 is 0. The van der Waals surface area contributed by atoms with Crippen LogP contribution in [0.2, 0.25) is 0 Å². The fourth-order valence-electron chi connectivity index (χ4n) is 3.18. The number of para-hydroxylation sites is 1. The molecule has 4 atom stereocenters. The Hall–Kier alpha value is -1.09. The van der Waals surface area contributed by atoms with Gasteiger partial charge in [-0.25, -0.2) is 4.39 Å². The second kappa shape index (κ2) is 5.49. The Morgan fingerprint density at radius 2 is 2.00 bits per heavy atom. The van der Waals surface area contributed by atoms with Crippen LogP contribution in [0.4, 0.5) is 10.1 Å². The van der Waals surface area contributed by atoms with Crippen LogP contribution < -0.4 is 4.90 Å². The average molecular weight is 265 g/mol. The van der Waals surface area contributed by atoms with Crippen molar-refractivity contribution in [1.29, 1.82) is 0 Å². The SMILES string of the molecule is CC1CC(C)C(C)N(c2c(F)cccc2C(C)O)C1. The minimum Gasteiger partial charge on any atom is -0.389 e. The Morgan fingerprint density at radius 3 is 2.63 bits per heavy atom. The van der Waals surface area contributed by atoms with Crippen molar-refractivity contribution in [2.45, 2.75) is 46.3 Å². The van der Waals surface area contributed by atoms with Crippen LogP contribution in [0.1, 0.15) is 45.8 Å². The molecule has 1 aromatic rings. The van der Waals surface area contributed by atoms with Crippen LogP contribution >= 0.6 is 0 Å². The van der Waals surface area contributed by atoms with Gasteiger partial charge in [0.2, 0.25) is 0 Å². The van der Waals surface area contributed by atoms with E-state index >= 15 is 0 Å². The van der Waals surface area contributed by atoms with Gasteiger partial charge in [-0.3, -0.25) is 0 Å². The van der Waals surface area contributed by atoms with E-state index in [0.29, 0.717) is 29.1 Å². The second-order valence-corrected chi connectivity index (χ2v) is 6.06. The van der Waals surface area contributed by atoms with Crippen molar-refractivity contribution in [3.63, 3.8) is 0 Å². The van der Waals surface area contributed by atoms with Gasteiger partial charge in [0.25, 0.3) is 0 Å². The fourth-order valence-corrected chi connectivity index (χ4v) is 3.18.